The van der Waals surface area contributed by atoms with Gasteiger partial charge in [-0.3, -0.25) is 9.59 Å². The Bertz CT molecular complexity index is 1040. The maximum absolute atomic E-state index is 13.1. The second-order valence-corrected chi connectivity index (χ2v) is 10.6. The van der Waals surface area contributed by atoms with E-state index in [2.05, 4.69) is 11.0 Å². The Morgan fingerprint density at radius 1 is 0.839 bits per heavy atom. The van der Waals surface area contributed by atoms with E-state index < -0.39 is 0 Å². The van der Waals surface area contributed by atoms with Crippen LogP contribution in [-0.2, 0) is 4.79 Å². The largest absolute Gasteiger partial charge is 0.342 e. The maximum atomic E-state index is 13.1. The Hall–Kier alpha value is -2.25. The summed E-state index contributed by atoms with van der Waals surface area (Å²) in [6.07, 6.45) is 6.26. The van der Waals surface area contributed by atoms with Crippen LogP contribution in [-0.4, -0.2) is 52.8 Å². The molecule has 2 amide bonds. The van der Waals surface area contributed by atoms with Crippen molar-refractivity contribution in [2.45, 2.75) is 38.5 Å². The highest BCUT2D eigenvalue weighted by atomic mass is 32.1. The molecule has 2 aliphatic rings. The monoisotopic (exact) mass is 453 g/mol. The minimum absolute atomic E-state index is 0.0730. The summed E-state index contributed by atoms with van der Waals surface area (Å²) < 4.78 is 1.16. The van der Waals surface area contributed by atoms with E-state index in [1.807, 2.05) is 35.2 Å². The minimum Gasteiger partial charge on any atom is -0.342 e. The number of thiazole rings is 1. The van der Waals surface area contributed by atoms with Crippen molar-refractivity contribution < 1.29 is 9.59 Å². The van der Waals surface area contributed by atoms with Gasteiger partial charge in [0.05, 0.1) is 20.0 Å². The fourth-order valence-corrected chi connectivity index (χ4v) is 6.57. The van der Waals surface area contributed by atoms with Gasteiger partial charge in [0.25, 0.3) is 5.91 Å². The predicted octanol–water partition coefficient (Wildman–Crippen LogP) is 5.28. The summed E-state index contributed by atoms with van der Waals surface area (Å²) in [6.45, 7) is 3.14. The van der Waals surface area contributed by atoms with Crippen LogP contribution in [0.4, 0.5) is 0 Å². The number of para-hydroxylation sites is 1. The zero-order valence-corrected chi connectivity index (χ0v) is 19.2. The highest BCUT2D eigenvalue weighted by molar-refractivity contribution is 7.26. The lowest BCUT2D eigenvalue weighted by Crippen LogP contribution is -2.44. The van der Waals surface area contributed by atoms with Gasteiger partial charge >= 0.3 is 0 Å². The third-order valence-corrected chi connectivity index (χ3v) is 8.65. The van der Waals surface area contributed by atoms with Gasteiger partial charge in [-0.1, -0.05) is 25.0 Å². The highest BCUT2D eigenvalue weighted by Gasteiger charge is 2.31. The van der Waals surface area contributed by atoms with Gasteiger partial charge in [-0.15, -0.1) is 22.7 Å². The van der Waals surface area contributed by atoms with Gasteiger partial charge in [0.15, 0.2) is 0 Å². The summed E-state index contributed by atoms with van der Waals surface area (Å²) in [6, 6.07) is 12.0. The lowest BCUT2D eigenvalue weighted by Gasteiger charge is -2.33. The third-order valence-electron chi connectivity index (χ3n) is 6.37. The fraction of sp³-hybridized carbons (Fsp3) is 0.458. The van der Waals surface area contributed by atoms with Crippen molar-refractivity contribution in [3.8, 4) is 9.88 Å². The first-order valence-corrected chi connectivity index (χ1v) is 12.9. The number of hydrogen-bond acceptors (Lipinski definition) is 5. The second kappa shape index (κ2) is 9.09. The number of rotatable bonds is 3. The summed E-state index contributed by atoms with van der Waals surface area (Å²) in [7, 11) is 0. The first-order chi connectivity index (χ1) is 15.2. The molecule has 1 aromatic carbocycles. The van der Waals surface area contributed by atoms with Crippen LogP contribution in [0, 0.1) is 5.92 Å². The summed E-state index contributed by atoms with van der Waals surface area (Å²) in [5.74, 6) is 0.463. The zero-order chi connectivity index (χ0) is 21.2. The van der Waals surface area contributed by atoms with Crippen LogP contribution in [0.15, 0.2) is 36.4 Å². The summed E-state index contributed by atoms with van der Waals surface area (Å²) in [5.41, 5.74) is 1.000. The normalized spacial score (nSPS) is 18.3. The van der Waals surface area contributed by atoms with Crippen LogP contribution < -0.4 is 0 Å². The van der Waals surface area contributed by atoms with Crippen LogP contribution in [0.2, 0.25) is 0 Å². The van der Waals surface area contributed by atoms with Gasteiger partial charge in [0.2, 0.25) is 5.91 Å². The number of thiophene rings is 1. The average Bonchev–Trinajstić information content (AvgIpc) is 3.38. The van der Waals surface area contributed by atoms with Gasteiger partial charge in [-0.2, -0.15) is 0 Å². The van der Waals surface area contributed by atoms with Crippen LogP contribution in [0.25, 0.3) is 20.1 Å². The van der Waals surface area contributed by atoms with E-state index in [4.69, 9.17) is 4.98 Å². The molecule has 162 valence electrons. The van der Waals surface area contributed by atoms with E-state index >= 15 is 0 Å². The lowest BCUT2D eigenvalue weighted by atomic mass is 9.95. The molecule has 2 aromatic heterocycles. The molecule has 0 saturated carbocycles. The lowest BCUT2D eigenvalue weighted by molar-refractivity contribution is -0.136. The molecule has 5 nitrogen and oxygen atoms in total. The molecule has 0 radical (unpaired) electrons. The Morgan fingerprint density at radius 3 is 2.32 bits per heavy atom. The van der Waals surface area contributed by atoms with E-state index in [1.54, 1.807) is 11.3 Å². The van der Waals surface area contributed by atoms with E-state index in [1.165, 1.54) is 24.2 Å². The molecule has 0 spiro atoms. The SMILES string of the molecule is O=C(c1ccc(-c2nc3ccccc3s2)s1)N1CCC(C(=O)N2CCCCCC2)CC1. The number of fused-ring (bicyclic) bond motifs is 1. The van der Waals surface area contributed by atoms with Crippen molar-refractivity contribution in [3.63, 3.8) is 0 Å². The molecule has 0 bridgehead atoms. The van der Waals surface area contributed by atoms with E-state index in [9.17, 15) is 9.59 Å². The summed E-state index contributed by atoms with van der Waals surface area (Å²) >= 11 is 3.18. The van der Waals surface area contributed by atoms with Gasteiger partial charge in [-0.05, 0) is 49.9 Å². The fourth-order valence-electron chi connectivity index (χ4n) is 4.58. The topological polar surface area (TPSA) is 53.5 Å². The number of amides is 2. The van der Waals surface area contributed by atoms with Crippen LogP contribution in [0.1, 0.15) is 48.2 Å². The Balaban J connectivity index is 1.21. The van der Waals surface area contributed by atoms with Crippen molar-refractivity contribution >= 4 is 44.7 Å². The molecule has 2 aliphatic heterocycles. The summed E-state index contributed by atoms with van der Waals surface area (Å²) in [5, 5.41) is 0.965. The number of likely N-dealkylation sites (tertiary alicyclic amines) is 2. The number of nitrogens with zero attached hydrogens (tertiary/aromatic N) is 3. The first-order valence-electron chi connectivity index (χ1n) is 11.2. The smallest absolute Gasteiger partial charge is 0.263 e. The van der Waals surface area contributed by atoms with Gasteiger partial charge in [0.1, 0.15) is 5.01 Å². The standard InChI is InChI=1S/C24H27N3O2S2/c28-23(26-13-5-1-2-6-14-26)17-11-15-27(16-12-17)24(29)21-10-9-20(30-21)22-25-18-7-3-4-8-19(18)31-22/h3-4,7-10,17H,1-2,5-6,11-16H2. The number of aromatic nitrogens is 1. The predicted molar refractivity (Wildman–Crippen MR) is 127 cm³/mol. The molecule has 2 fully saturated rings. The molecule has 7 heteroatoms. The Kier molecular flexibility index (Phi) is 6.05. The molecular weight excluding hydrogens is 426 g/mol. The number of hydrogen-bond donors (Lipinski definition) is 0. The number of carbonyl (C=O) groups excluding carboxylic acids is 2. The molecule has 0 N–H and O–H groups in total. The molecule has 5 rings (SSSR count). The first kappa shape index (κ1) is 20.6. The molecule has 2 saturated heterocycles. The molecule has 3 aromatic rings. The van der Waals surface area contributed by atoms with E-state index in [0.29, 0.717) is 19.0 Å². The van der Waals surface area contributed by atoms with Crippen molar-refractivity contribution in [1.29, 1.82) is 0 Å². The Morgan fingerprint density at radius 2 is 1.58 bits per heavy atom. The van der Waals surface area contributed by atoms with Crippen LogP contribution >= 0.6 is 22.7 Å². The quantitative estimate of drug-likeness (QED) is 0.542. The second-order valence-electron chi connectivity index (χ2n) is 8.46. The molecular formula is C24H27N3O2S2. The molecule has 4 heterocycles. The van der Waals surface area contributed by atoms with E-state index in [-0.39, 0.29) is 11.8 Å². The van der Waals surface area contributed by atoms with Gasteiger partial charge < -0.3 is 9.80 Å². The summed E-state index contributed by atoms with van der Waals surface area (Å²) in [4.78, 5) is 36.5. The van der Waals surface area contributed by atoms with Crippen molar-refractivity contribution in [3.05, 3.63) is 41.3 Å². The molecule has 0 aliphatic carbocycles. The van der Waals surface area contributed by atoms with Crippen LogP contribution in [0.5, 0.6) is 0 Å². The zero-order valence-electron chi connectivity index (χ0n) is 17.6. The van der Waals surface area contributed by atoms with Crippen molar-refractivity contribution in [2.24, 2.45) is 5.92 Å². The van der Waals surface area contributed by atoms with E-state index in [0.717, 1.165) is 63.8 Å². The maximum Gasteiger partial charge on any atom is 0.263 e. The Labute approximate surface area is 190 Å². The van der Waals surface area contributed by atoms with Gasteiger partial charge in [-0.25, -0.2) is 4.98 Å². The number of benzene rings is 1. The minimum atomic E-state index is 0.0730. The number of carbonyl (C=O) groups is 2. The average molecular weight is 454 g/mol. The molecule has 31 heavy (non-hydrogen) atoms. The highest BCUT2D eigenvalue weighted by Crippen LogP contribution is 2.35. The van der Waals surface area contributed by atoms with Crippen molar-refractivity contribution in [2.75, 3.05) is 26.2 Å². The van der Waals surface area contributed by atoms with Gasteiger partial charge in [0, 0.05) is 32.1 Å². The van der Waals surface area contributed by atoms with Crippen molar-refractivity contribution in [1.82, 2.24) is 14.8 Å². The van der Waals surface area contributed by atoms with Crippen LogP contribution in [0.3, 0.4) is 0 Å². The molecule has 0 unspecified atom stereocenters. The molecule has 0 atom stereocenters. The number of piperidine rings is 1. The third kappa shape index (κ3) is 4.39.